The molecule has 0 aliphatic rings. The summed E-state index contributed by atoms with van der Waals surface area (Å²) in [6.45, 7) is -1.69. The number of carbonyl (C=O) groups is 1. The quantitative estimate of drug-likeness (QED) is 0.155. The number of hydrogen-bond donors (Lipinski definition) is 9. The Morgan fingerprint density at radius 2 is 1.33 bits per heavy atom. The summed E-state index contributed by atoms with van der Waals surface area (Å²) in [6, 6.07) is 0. The Kier molecular flexibility index (Phi) is 10.6. The highest BCUT2D eigenvalue weighted by molar-refractivity contribution is 7.60. The zero-order valence-electron chi connectivity index (χ0n) is 10.2. The van der Waals surface area contributed by atoms with Crippen molar-refractivity contribution < 1.29 is 63.3 Å². The number of aliphatic hydroxyl groups is 5. The number of rotatable bonds is 7. The third kappa shape index (κ3) is 13.1. The molecule has 21 heavy (non-hydrogen) atoms. The van der Waals surface area contributed by atoms with Gasteiger partial charge in [-0.05, 0) is 0 Å². The lowest BCUT2D eigenvalue weighted by atomic mass is 10.3. The fourth-order valence-corrected chi connectivity index (χ4v) is 1.85. The Balaban J connectivity index is 0. The Morgan fingerprint density at radius 1 is 0.952 bits per heavy atom. The normalized spacial score (nSPS) is 16.4. The van der Waals surface area contributed by atoms with E-state index in [2.05, 4.69) is 4.31 Å². The second-order valence-corrected chi connectivity index (χ2v) is 5.99. The van der Waals surface area contributed by atoms with E-state index in [9.17, 15) is 13.9 Å². The number of ketones is 1. The van der Waals surface area contributed by atoms with E-state index in [1.807, 2.05) is 0 Å². The van der Waals surface area contributed by atoms with Crippen LogP contribution in [0.5, 0.6) is 0 Å². The van der Waals surface area contributed by atoms with Crippen LogP contribution in [0, 0.1) is 0 Å². The molecule has 0 fully saturated rings. The van der Waals surface area contributed by atoms with Crippen molar-refractivity contribution in [3.63, 3.8) is 0 Å². The summed E-state index contributed by atoms with van der Waals surface area (Å²) >= 11 is 0. The van der Waals surface area contributed by atoms with Crippen molar-refractivity contribution in [3.8, 4) is 0 Å². The van der Waals surface area contributed by atoms with E-state index in [-0.39, 0.29) is 0 Å². The molecule has 0 heterocycles. The SMILES string of the molecule is O=P(O)(O)OP(=O)(O)O.O=[13C](CO)[C@@H](O)[C@H](O)[13C@H](O)CO. The second kappa shape index (κ2) is 9.69. The maximum Gasteiger partial charge on any atom is 0.478 e. The van der Waals surface area contributed by atoms with Gasteiger partial charge >= 0.3 is 15.6 Å². The van der Waals surface area contributed by atoms with Crippen molar-refractivity contribution in [1.29, 1.82) is 0 Å². The predicted octanol–water partition coefficient (Wildman–Crippen LogP) is -4.19. The first kappa shape index (κ1) is 23.0. The molecule has 0 radical (unpaired) electrons. The van der Waals surface area contributed by atoms with Crippen molar-refractivity contribution in [3.05, 3.63) is 0 Å². The van der Waals surface area contributed by atoms with Gasteiger partial charge in [-0.2, -0.15) is 4.31 Å². The van der Waals surface area contributed by atoms with Gasteiger partial charge in [0.2, 0.25) is 0 Å². The lowest BCUT2D eigenvalue weighted by Gasteiger charge is -2.19. The van der Waals surface area contributed by atoms with E-state index >= 15 is 0 Å². The highest BCUT2D eigenvalue weighted by atomic mass is 31.3. The Labute approximate surface area is 117 Å². The van der Waals surface area contributed by atoms with E-state index in [1.165, 1.54) is 0 Å². The Hall–Kier alpha value is -0.270. The van der Waals surface area contributed by atoms with Crippen LogP contribution < -0.4 is 0 Å². The third-order valence-corrected chi connectivity index (χ3v) is 3.31. The topological polar surface area (TPSA) is 243 Å². The van der Waals surface area contributed by atoms with Gasteiger partial charge in [-0.15, -0.1) is 0 Å². The summed E-state index contributed by atoms with van der Waals surface area (Å²) in [7, 11) is -10.1. The maximum absolute atomic E-state index is 10.5. The predicted molar refractivity (Wildman–Crippen MR) is 62.4 cm³/mol. The van der Waals surface area contributed by atoms with E-state index in [0.717, 1.165) is 0 Å². The van der Waals surface area contributed by atoms with Crippen LogP contribution in [0.3, 0.4) is 0 Å². The molecule has 0 aromatic rings. The summed E-state index contributed by atoms with van der Waals surface area (Å²) in [5, 5.41) is 43.1. The number of aliphatic hydroxyl groups excluding tert-OH is 5. The maximum atomic E-state index is 10.5. The molecule has 9 N–H and O–H groups in total. The fourth-order valence-electron chi connectivity index (χ4n) is 0.741. The first-order valence-electron chi connectivity index (χ1n) is 4.86. The van der Waals surface area contributed by atoms with E-state index in [4.69, 9.17) is 45.1 Å². The van der Waals surface area contributed by atoms with Gasteiger partial charge in [0, 0.05) is 0 Å². The molecule has 128 valence electrons. The van der Waals surface area contributed by atoms with Crippen molar-refractivity contribution in [2.45, 2.75) is 18.3 Å². The van der Waals surface area contributed by atoms with Gasteiger partial charge in [-0.1, -0.05) is 0 Å². The number of phosphoric acid groups is 2. The molecule has 13 nitrogen and oxygen atoms in total. The molecule has 0 spiro atoms. The molecule has 0 aromatic heterocycles. The average molecular weight is 360 g/mol. The molecule has 0 aliphatic heterocycles. The molecule has 0 aliphatic carbocycles. The Bertz CT molecular complexity index is 377. The van der Waals surface area contributed by atoms with Crippen LogP contribution >= 0.6 is 15.6 Å². The second-order valence-electron chi connectivity index (χ2n) is 3.37. The van der Waals surface area contributed by atoms with Crippen molar-refractivity contribution in [2.75, 3.05) is 13.2 Å². The number of Topliss-reactive ketones (excluding diaryl/α,β-unsaturated/α-hetero) is 1. The van der Waals surface area contributed by atoms with E-state index < -0.39 is 53.0 Å². The van der Waals surface area contributed by atoms with Gasteiger partial charge in [-0.3, -0.25) is 4.79 Å². The zero-order chi connectivity index (χ0) is 17.4. The lowest BCUT2D eigenvalue weighted by molar-refractivity contribution is -0.142. The molecule has 0 bridgehead atoms. The molecule has 0 unspecified atom stereocenters. The molecule has 15 heteroatoms. The largest absolute Gasteiger partial charge is 0.478 e. The highest BCUT2D eigenvalue weighted by Crippen LogP contribution is 2.53. The summed E-state index contributed by atoms with van der Waals surface area (Å²) in [6.07, 6.45) is -5.22. The standard InChI is InChI=1S/C6H12O6.H4O7P2/c7-1-3(9)5(11)6(12)4(10)2-8;1-8(2,3)7-9(4,5)6/h3,5-9,11-12H,1-2H2;(H2,1,2,3)(H2,4,5,6)/t3-,5-,6-;/m1./s1/i3+1,4+1;. The fraction of sp³-hybridized carbons (Fsp3) is 0.833. The van der Waals surface area contributed by atoms with Gasteiger partial charge in [0.25, 0.3) is 0 Å². The summed E-state index contributed by atoms with van der Waals surface area (Å²) in [5.41, 5.74) is 0. The molecular formula is C6H16O13P2. The number of hydrogen-bond acceptors (Lipinski definition) is 9. The molecule has 0 saturated carbocycles. The highest BCUT2D eigenvalue weighted by Gasteiger charge is 2.29. The summed E-state index contributed by atoms with van der Waals surface area (Å²) in [4.78, 5) is 41.5. The monoisotopic (exact) mass is 360 g/mol. The van der Waals surface area contributed by atoms with Crippen molar-refractivity contribution in [1.82, 2.24) is 0 Å². The van der Waals surface area contributed by atoms with Crippen LogP contribution in [-0.4, -0.2) is 82.4 Å². The van der Waals surface area contributed by atoms with Crippen LogP contribution in [0.4, 0.5) is 0 Å². The van der Waals surface area contributed by atoms with Crippen LogP contribution in [-0.2, 0) is 18.2 Å². The minimum Gasteiger partial charge on any atom is -0.394 e. The van der Waals surface area contributed by atoms with Crippen LogP contribution in [0.1, 0.15) is 0 Å². The van der Waals surface area contributed by atoms with Gasteiger partial charge in [0.05, 0.1) is 6.61 Å². The number of carbonyl (C=O) groups excluding carboxylic acids is 1. The van der Waals surface area contributed by atoms with E-state index in [1.54, 1.807) is 0 Å². The average Bonchev–Trinajstić information content (AvgIpc) is 2.31. The van der Waals surface area contributed by atoms with E-state index in [0.29, 0.717) is 0 Å². The third-order valence-electron chi connectivity index (χ3n) is 1.60. The molecular weight excluding hydrogens is 344 g/mol. The summed E-state index contributed by atoms with van der Waals surface area (Å²) in [5.74, 6) is -1.00. The zero-order valence-corrected chi connectivity index (χ0v) is 12.0. The molecule has 0 amide bonds. The van der Waals surface area contributed by atoms with Crippen LogP contribution in [0.25, 0.3) is 0 Å². The molecule has 0 rings (SSSR count). The van der Waals surface area contributed by atoms with Crippen LogP contribution in [0.15, 0.2) is 0 Å². The first-order valence-corrected chi connectivity index (χ1v) is 7.92. The van der Waals surface area contributed by atoms with Crippen molar-refractivity contribution in [2.24, 2.45) is 0 Å². The molecule has 0 aromatic carbocycles. The van der Waals surface area contributed by atoms with Gasteiger partial charge in [-0.25, -0.2) is 9.13 Å². The first-order chi connectivity index (χ1) is 9.25. The minimum atomic E-state index is -5.05. The molecule has 3 atom stereocenters. The smallest absolute Gasteiger partial charge is 0.394 e. The van der Waals surface area contributed by atoms with Crippen molar-refractivity contribution >= 4 is 21.4 Å². The van der Waals surface area contributed by atoms with Gasteiger partial charge in [0.15, 0.2) is 5.78 Å². The van der Waals surface area contributed by atoms with Gasteiger partial charge in [0.1, 0.15) is 24.9 Å². The lowest BCUT2D eigenvalue weighted by Crippen LogP contribution is -2.44. The molecule has 0 saturated heterocycles. The Morgan fingerprint density at radius 3 is 1.52 bits per heavy atom. The van der Waals surface area contributed by atoms with Gasteiger partial charge < -0.3 is 45.1 Å². The summed E-state index contributed by atoms with van der Waals surface area (Å²) < 4.78 is 22.2. The minimum absolute atomic E-state index is 0.767. The van der Waals surface area contributed by atoms with Crippen LogP contribution in [0.2, 0.25) is 0 Å².